The SMILES string of the molecule is N#C[C@]1(c2ccc(-c3ccc(N4C[C@H](Cn5ccnn5)OC4=O)cc3F)cn2)[C@@H]2CN(CCN)C[C@@H]21. The highest BCUT2D eigenvalue weighted by Crippen LogP contribution is 2.62. The molecule has 2 N–H and O–H groups in total. The molecule has 11 heteroatoms. The monoisotopic (exact) mass is 488 g/mol. The van der Waals surface area contributed by atoms with Crippen molar-refractivity contribution in [3.8, 4) is 17.2 Å². The second kappa shape index (κ2) is 8.65. The van der Waals surface area contributed by atoms with Crippen LogP contribution >= 0.6 is 0 Å². The molecule has 0 spiro atoms. The Labute approximate surface area is 207 Å². The predicted octanol–water partition coefficient (Wildman–Crippen LogP) is 1.79. The number of fused-ring (bicyclic) bond motifs is 1. The van der Waals surface area contributed by atoms with Gasteiger partial charge < -0.3 is 15.4 Å². The summed E-state index contributed by atoms with van der Waals surface area (Å²) in [5.41, 5.74) is 7.25. The summed E-state index contributed by atoms with van der Waals surface area (Å²) in [5.74, 6) is 0.0549. The van der Waals surface area contributed by atoms with E-state index in [0.29, 0.717) is 29.9 Å². The standard InChI is InChI=1S/C25H25FN8O2/c26-22-9-17(34-12-18(36-24(34)35)11-33-8-6-30-31-33)2-3-19(22)16-1-4-23(29-10-16)25(15-28)20-13-32(7-5-27)14-21(20)25/h1-4,6,8-10,18,20-21H,5,7,11-14,27H2/t18-,20-,21+,25+/m0/s1. The minimum absolute atomic E-state index is 0.261. The normalized spacial score (nSPS) is 27.1. The maximum Gasteiger partial charge on any atom is 0.414 e. The zero-order valence-corrected chi connectivity index (χ0v) is 19.5. The van der Waals surface area contributed by atoms with E-state index < -0.39 is 23.4 Å². The van der Waals surface area contributed by atoms with Gasteiger partial charge in [0.05, 0.1) is 36.7 Å². The summed E-state index contributed by atoms with van der Waals surface area (Å²) in [6, 6.07) is 10.8. The number of nitriles is 1. The molecule has 0 radical (unpaired) electrons. The Kier molecular flexibility index (Phi) is 5.43. The minimum Gasteiger partial charge on any atom is -0.442 e. The quantitative estimate of drug-likeness (QED) is 0.533. The Morgan fingerprint density at radius 3 is 2.69 bits per heavy atom. The molecule has 2 saturated heterocycles. The molecule has 2 aliphatic heterocycles. The number of anilines is 1. The number of aromatic nitrogens is 4. The summed E-state index contributed by atoms with van der Waals surface area (Å²) in [6.45, 7) is 3.82. The summed E-state index contributed by atoms with van der Waals surface area (Å²) in [4.78, 5) is 20.7. The molecule has 3 aromatic rings. The Balaban J connectivity index is 1.16. The number of pyridine rings is 1. The van der Waals surface area contributed by atoms with Crippen molar-refractivity contribution < 1.29 is 13.9 Å². The van der Waals surface area contributed by atoms with Crippen LogP contribution in [0, 0.1) is 29.0 Å². The van der Waals surface area contributed by atoms with E-state index in [1.54, 1.807) is 35.4 Å². The van der Waals surface area contributed by atoms with Gasteiger partial charge in [-0.2, -0.15) is 5.26 Å². The summed E-state index contributed by atoms with van der Waals surface area (Å²) < 4.78 is 22.1. The van der Waals surface area contributed by atoms with Crippen molar-refractivity contribution in [1.29, 1.82) is 5.26 Å². The summed E-state index contributed by atoms with van der Waals surface area (Å²) in [5, 5.41) is 17.6. The van der Waals surface area contributed by atoms with E-state index in [2.05, 4.69) is 26.3 Å². The van der Waals surface area contributed by atoms with E-state index in [0.717, 1.165) is 25.3 Å². The Hall–Kier alpha value is -3.88. The number of piperidine rings is 1. The van der Waals surface area contributed by atoms with Crippen molar-refractivity contribution in [2.24, 2.45) is 17.6 Å². The third-order valence-electron chi connectivity index (χ3n) is 7.59. The Bertz CT molecular complexity index is 1310. The third-order valence-corrected chi connectivity index (χ3v) is 7.59. The van der Waals surface area contributed by atoms with Crippen molar-refractivity contribution in [2.45, 2.75) is 18.1 Å². The summed E-state index contributed by atoms with van der Waals surface area (Å²) in [6.07, 6.45) is 3.93. The molecular weight excluding hydrogens is 463 g/mol. The maximum atomic E-state index is 15.1. The number of hydrogen-bond donors (Lipinski definition) is 1. The van der Waals surface area contributed by atoms with Crippen LogP contribution in [0.15, 0.2) is 48.9 Å². The van der Waals surface area contributed by atoms with Gasteiger partial charge in [-0.25, -0.2) is 13.9 Å². The number of carbonyl (C=O) groups excluding carboxylic acids is 1. The van der Waals surface area contributed by atoms with Crippen LogP contribution < -0.4 is 10.6 Å². The number of nitrogens with two attached hydrogens (primary N) is 1. The number of cyclic esters (lactones) is 1. The molecule has 184 valence electrons. The van der Waals surface area contributed by atoms with Gasteiger partial charge in [-0.15, -0.1) is 5.10 Å². The predicted molar refractivity (Wildman–Crippen MR) is 127 cm³/mol. The van der Waals surface area contributed by atoms with Gasteiger partial charge in [0, 0.05) is 61.5 Å². The lowest BCUT2D eigenvalue weighted by Crippen LogP contribution is -2.33. The molecule has 0 unspecified atom stereocenters. The first-order chi connectivity index (χ1) is 17.5. The average Bonchev–Trinajstić information content (AvgIpc) is 3.37. The van der Waals surface area contributed by atoms with Crippen molar-refractivity contribution in [3.05, 3.63) is 60.4 Å². The Morgan fingerprint density at radius 1 is 1.22 bits per heavy atom. The number of halogens is 1. The number of nitrogens with zero attached hydrogens (tertiary/aromatic N) is 7. The summed E-state index contributed by atoms with van der Waals surface area (Å²) >= 11 is 0. The molecule has 2 aromatic heterocycles. The minimum atomic E-state index is -0.565. The molecule has 1 amide bonds. The molecule has 1 saturated carbocycles. The van der Waals surface area contributed by atoms with Gasteiger partial charge in [0.1, 0.15) is 17.3 Å². The molecular formula is C25H25FN8O2. The summed E-state index contributed by atoms with van der Waals surface area (Å²) in [7, 11) is 0. The fraction of sp³-hybridized carbons (Fsp3) is 0.400. The number of rotatable bonds is 7. The molecule has 0 bridgehead atoms. The lowest BCUT2D eigenvalue weighted by atomic mass is 9.95. The van der Waals surface area contributed by atoms with Crippen LogP contribution in [0.2, 0.25) is 0 Å². The van der Waals surface area contributed by atoms with Crippen LogP contribution in [0.25, 0.3) is 11.1 Å². The van der Waals surface area contributed by atoms with Gasteiger partial charge in [0.2, 0.25) is 0 Å². The Morgan fingerprint density at radius 2 is 2.06 bits per heavy atom. The lowest BCUT2D eigenvalue weighted by Gasteiger charge is -2.21. The van der Waals surface area contributed by atoms with E-state index in [1.165, 1.54) is 11.0 Å². The molecule has 4 heterocycles. The highest BCUT2D eigenvalue weighted by atomic mass is 19.1. The van der Waals surface area contributed by atoms with Gasteiger partial charge in [-0.05, 0) is 24.3 Å². The van der Waals surface area contributed by atoms with Gasteiger partial charge in [0.25, 0.3) is 0 Å². The van der Waals surface area contributed by atoms with Crippen molar-refractivity contribution >= 4 is 11.8 Å². The lowest BCUT2D eigenvalue weighted by molar-refractivity contribution is 0.129. The first-order valence-corrected chi connectivity index (χ1v) is 12.0. The van der Waals surface area contributed by atoms with E-state index in [4.69, 9.17) is 10.5 Å². The maximum absolute atomic E-state index is 15.1. The number of hydrogen-bond acceptors (Lipinski definition) is 8. The first-order valence-electron chi connectivity index (χ1n) is 12.0. The van der Waals surface area contributed by atoms with Gasteiger partial charge in [-0.1, -0.05) is 11.3 Å². The largest absolute Gasteiger partial charge is 0.442 e. The topological polar surface area (TPSA) is 126 Å². The molecule has 3 aliphatic rings. The van der Waals surface area contributed by atoms with Crippen LogP contribution in [-0.4, -0.2) is 69.8 Å². The third kappa shape index (κ3) is 3.61. The fourth-order valence-corrected chi connectivity index (χ4v) is 5.75. The van der Waals surface area contributed by atoms with Crippen molar-refractivity contribution in [3.63, 3.8) is 0 Å². The molecule has 6 rings (SSSR count). The highest BCUT2D eigenvalue weighted by Gasteiger charge is 2.70. The highest BCUT2D eigenvalue weighted by molar-refractivity contribution is 5.90. The van der Waals surface area contributed by atoms with Crippen molar-refractivity contribution in [2.75, 3.05) is 37.6 Å². The molecule has 10 nitrogen and oxygen atoms in total. The van der Waals surface area contributed by atoms with Crippen LogP contribution in [-0.2, 0) is 16.7 Å². The smallest absolute Gasteiger partial charge is 0.414 e. The second-order valence-corrected chi connectivity index (χ2v) is 9.58. The average molecular weight is 489 g/mol. The number of carbonyl (C=O) groups is 1. The fourth-order valence-electron chi connectivity index (χ4n) is 5.75. The molecule has 4 atom stereocenters. The second-order valence-electron chi connectivity index (χ2n) is 9.58. The zero-order chi connectivity index (χ0) is 24.9. The van der Waals surface area contributed by atoms with Crippen LogP contribution in [0.4, 0.5) is 14.9 Å². The molecule has 3 fully saturated rings. The van der Waals surface area contributed by atoms with Crippen LogP contribution in [0.5, 0.6) is 0 Å². The zero-order valence-electron chi connectivity index (χ0n) is 19.5. The molecule has 36 heavy (non-hydrogen) atoms. The van der Waals surface area contributed by atoms with E-state index in [1.807, 2.05) is 12.1 Å². The van der Waals surface area contributed by atoms with Gasteiger partial charge in [-0.3, -0.25) is 9.88 Å². The van der Waals surface area contributed by atoms with E-state index in [9.17, 15) is 10.1 Å². The van der Waals surface area contributed by atoms with Gasteiger partial charge >= 0.3 is 6.09 Å². The van der Waals surface area contributed by atoms with E-state index >= 15 is 4.39 Å². The molecule has 1 aromatic carbocycles. The number of likely N-dealkylation sites (tertiary alicyclic amines) is 1. The van der Waals surface area contributed by atoms with Crippen molar-refractivity contribution in [1.82, 2.24) is 24.9 Å². The first kappa shape index (κ1) is 22.6. The van der Waals surface area contributed by atoms with Crippen LogP contribution in [0.3, 0.4) is 0 Å². The number of benzene rings is 1. The van der Waals surface area contributed by atoms with Gasteiger partial charge in [0.15, 0.2) is 0 Å². The van der Waals surface area contributed by atoms with E-state index in [-0.39, 0.29) is 18.4 Å². The molecule has 1 aliphatic carbocycles. The van der Waals surface area contributed by atoms with Crippen LogP contribution in [0.1, 0.15) is 5.69 Å². The number of ether oxygens (including phenoxy) is 1. The number of amides is 1.